The van der Waals surface area contributed by atoms with Gasteiger partial charge in [-0.05, 0) is 48.5 Å². The van der Waals surface area contributed by atoms with Crippen LogP contribution < -0.4 is 49.0 Å². The Kier molecular flexibility index (Phi) is 7.11. The Balaban J connectivity index is 0.978. The van der Waals surface area contributed by atoms with Crippen molar-refractivity contribution in [2.75, 3.05) is 0 Å². The predicted octanol–water partition coefficient (Wildman–Crippen LogP) is 5.97. The van der Waals surface area contributed by atoms with Crippen molar-refractivity contribution in [1.29, 1.82) is 0 Å². The van der Waals surface area contributed by atoms with E-state index < -0.39 is 7.14 Å². The van der Waals surface area contributed by atoms with E-state index in [9.17, 15) is 0 Å². The van der Waals surface area contributed by atoms with E-state index in [1.807, 2.05) is 24.5 Å². The quantitative estimate of drug-likeness (QED) is 0.164. The van der Waals surface area contributed by atoms with E-state index in [-0.39, 0.29) is 13.4 Å². The summed E-state index contributed by atoms with van der Waals surface area (Å²) < 4.78 is 21.0. The summed E-state index contributed by atoms with van der Waals surface area (Å²) in [7, 11) is -3.30. The largest absolute Gasteiger partial charge is 0.309 e. The topological polar surface area (TPSA) is 52.7 Å². The molecule has 0 N–H and O–H groups in total. The first kappa shape index (κ1) is 33.7. The highest BCUT2D eigenvalue weighted by Crippen LogP contribution is 2.43. The molecule has 6 heterocycles. The van der Waals surface area contributed by atoms with Gasteiger partial charge in [-0.25, -0.2) is 0 Å². The van der Waals surface area contributed by atoms with Crippen molar-refractivity contribution >= 4 is 113 Å². The van der Waals surface area contributed by atoms with Gasteiger partial charge in [-0.15, -0.1) is 0 Å². The third kappa shape index (κ3) is 4.53. The van der Waals surface area contributed by atoms with E-state index in [1.165, 1.54) is 21.5 Å². The lowest BCUT2D eigenvalue weighted by molar-refractivity contribution is 0.592. The number of para-hydroxylation sites is 4. The van der Waals surface area contributed by atoms with Crippen LogP contribution in [0.4, 0.5) is 0 Å². The number of hydrogen-bond acceptors (Lipinski definition) is 3. The molecule has 0 atom stereocenters. The van der Waals surface area contributed by atoms with Crippen LogP contribution in [-0.2, 0) is 4.57 Å². The van der Waals surface area contributed by atoms with Crippen molar-refractivity contribution in [3.8, 4) is 11.4 Å². The van der Waals surface area contributed by atoms with Crippen LogP contribution in [0.1, 0.15) is 0 Å². The Morgan fingerprint density at radius 1 is 0.367 bits per heavy atom. The molecule has 5 nitrogen and oxygen atoms in total. The fourth-order valence-electron chi connectivity index (χ4n) is 10.6. The average molecular weight is 782 g/mol. The van der Waals surface area contributed by atoms with E-state index in [1.54, 1.807) is 0 Å². The zero-order valence-corrected chi connectivity index (χ0v) is 33.2. The molecule has 0 radical (unpaired) electrons. The van der Waals surface area contributed by atoms with Gasteiger partial charge in [-0.3, -0.25) is 9.97 Å². The molecule has 11 aromatic rings. The lowest BCUT2D eigenvalue weighted by Gasteiger charge is -2.40. The van der Waals surface area contributed by atoms with Crippen LogP contribution in [0.3, 0.4) is 0 Å². The maximum Gasteiger partial charge on any atom is 0.266 e. The molecule has 4 aromatic heterocycles. The van der Waals surface area contributed by atoms with Crippen molar-refractivity contribution in [2.24, 2.45) is 0 Å². The first-order valence-corrected chi connectivity index (χ1v) is 22.2. The molecule has 13 rings (SSSR count). The first-order chi connectivity index (χ1) is 29.7. The molecule has 7 aromatic carbocycles. The van der Waals surface area contributed by atoms with E-state index >= 15 is 4.57 Å². The molecule has 0 amide bonds. The molecule has 0 spiro atoms. The Morgan fingerprint density at radius 3 is 1.10 bits per heavy atom. The molecule has 2 aliphatic heterocycles. The predicted molar refractivity (Wildman–Crippen MR) is 252 cm³/mol. The maximum atomic E-state index is 16.4. The van der Waals surface area contributed by atoms with Gasteiger partial charge in [0.05, 0.1) is 45.8 Å². The standard InChI is InChI=1S/C52H33B2N4OP/c59-60-48-26-11-5-18-40(48)53(50-30-28-34(32-55-50)57-44-22-7-1-14-36(44)37-15-2-8-23-45(37)57)42-20-13-21-43(52(42)60)54(41-19-6-12-27-49(41)60)51-31-29-35(33-56-51)58-46-24-9-3-16-38(46)39-17-4-10-25-47(39)58/h1-33H. The SMILES string of the molecule is O=P12c3ccccc3B(c3ccc(-n4c5ccccc5c5ccccc54)cn3)c3cccc(c31)B(c1ccc(-n3c4ccccc4c4ccccc43)cn1)c1ccccc12. The van der Waals surface area contributed by atoms with Crippen LogP contribution in [0, 0.1) is 0 Å². The molecule has 0 fully saturated rings. The highest BCUT2D eigenvalue weighted by Gasteiger charge is 2.51. The van der Waals surface area contributed by atoms with Crippen LogP contribution >= 0.6 is 7.14 Å². The average Bonchev–Trinajstić information content (AvgIpc) is 3.83. The second-order valence-electron chi connectivity index (χ2n) is 16.0. The second kappa shape index (κ2) is 12.6. The summed E-state index contributed by atoms with van der Waals surface area (Å²) in [6, 6.07) is 66.1. The Bertz CT molecular complexity index is 3280. The third-order valence-electron chi connectivity index (χ3n) is 13.0. The highest BCUT2D eigenvalue weighted by atomic mass is 31.2. The minimum Gasteiger partial charge on any atom is -0.309 e. The van der Waals surface area contributed by atoms with Gasteiger partial charge in [0, 0.05) is 48.6 Å². The van der Waals surface area contributed by atoms with Crippen LogP contribution in [0.5, 0.6) is 0 Å². The van der Waals surface area contributed by atoms with Gasteiger partial charge in [-0.2, -0.15) is 0 Å². The summed E-state index contributed by atoms with van der Waals surface area (Å²) in [5, 5.41) is 7.59. The molecule has 8 heteroatoms. The fraction of sp³-hybridized carbons (Fsp3) is 0. The molecule has 0 bridgehead atoms. The normalized spacial score (nSPS) is 13.8. The van der Waals surface area contributed by atoms with E-state index in [0.29, 0.717) is 0 Å². The summed E-state index contributed by atoms with van der Waals surface area (Å²) in [4.78, 5) is 10.5. The summed E-state index contributed by atoms with van der Waals surface area (Å²) in [6.07, 6.45) is 4.00. The Hall–Kier alpha value is -7.20. The van der Waals surface area contributed by atoms with Gasteiger partial charge in [0.15, 0.2) is 7.14 Å². The zero-order chi connectivity index (χ0) is 39.5. The van der Waals surface area contributed by atoms with Gasteiger partial charge in [0.25, 0.3) is 13.4 Å². The minimum atomic E-state index is -3.30. The number of fused-ring (bicyclic) bond motifs is 10. The van der Waals surface area contributed by atoms with Gasteiger partial charge >= 0.3 is 0 Å². The van der Waals surface area contributed by atoms with Gasteiger partial charge in [0.1, 0.15) is 0 Å². The molecular weight excluding hydrogens is 749 g/mol. The van der Waals surface area contributed by atoms with Crippen molar-refractivity contribution in [3.63, 3.8) is 0 Å². The van der Waals surface area contributed by atoms with Crippen molar-refractivity contribution in [2.45, 2.75) is 0 Å². The van der Waals surface area contributed by atoms with E-state index in [2.05, 4.69) is 185 Å². The summed E-state index contributed by atoms with van der Waals surface area (Å²) >= 11 is 0. The molecule has 278 valence electrons. The van der Waals surface area contributed by atoms with Gasteiger partial charge < -0.3 is 13.7 Å². The second-order valence-corrected chi connectivity index (χ2v) is 18.6. The first-order valence-electron chi connectivity index (χ1n) is 20.5. The number of rotatable bonds is 4. The highest BCUT2D eigenvalue weighted by molar-refractivity contribution is 7.88. The molecule has 0 aliphatic carbocycles. The maximum absolute atomic E-state index is 16.4. The molecule has 60 heavy (non-hydrogen) atoms. The number of benzene rings is 7. The van der Waals surface area contributed by atoms with E-state index in [0.717, 1.165) is 82.4 Å². The van der Waals surface area contributed by atoms with Crippen LogP contribution in [0.25, 0.3) is 55.0 Å². The number of aromatic nitrogens is 4. The molecular formula is C52H33B2N4OP. The van der Waals surface area contributed by atoms with Crippen LogP contribution in [-0.4, -0.2) is 32.5 Å². The molecule has 0 unspecified atom stereocenters. The molecule has 2 aliphatic rings. The third-order valence-corrected chi connectivity index (χ3v) is 16.3. The van der Waals surface area contributed by atoms with Gasteiger partial charge in [0.2, 0.25) is 0 Å². The number of hydrogen-bond donors (Lipinski definition) is 0. The minimum absolute atomic E-state index is 0.207. The monoisotopic (exact) mass is 782 g/mol. The van der Waals surface area contributed by atoms with Crippen LogP contribution in [0.15, 0.2) is 200 Å². The van der Waals surface area contributed by atoms with Crippen molar-refractivity contribution < 1.29 is 4.57 Å². The lowest BCUT2D eigenvalue weighted by Crippen LogP contribution is -2.75. The summed E-state index contributed by atoms with van der Waals surface area (Å²) in [5.41, 5.74) is 12.6. The molecule has 0 saturated heterocycles. The van der Waals surface area contributed by atoms with Crippen LogP contribution in [0.2, 0.25) is 0 Å². The number of pyridine rings is 2. The Labute approximate surface area is 347 Å². The van der Waals surface area contributed by atoms with Crippen molar-refractivity contribution in [1.82, 2.24) is 19.1 Å². The summed E-state index contributed by atoms with van der Waals surface area (Å²) in [5.74, 6) is 0. The smallest absolute Gasteiger partial charge is 0.266 e. The zero-order valence-electron chi connectivity index (χ0n) is 32.4. The lowest BCUT2D eigenvalue weighted by atomic mass is 9.34. The Morgan fingerprint density at radius 2 is 0.717 bits per heavy atom. The van der Waals surface area contributed by atoms with Gasteiger partial charge in [-0.1, -0.05) is 161 Å². The fourth-order valence-corrected chi connectivity index (χ4v) is 14.2. The number of nitrogens with zero attached hydrogens (tertiary/aromatic N) is 4. The van der Waals surface area contributed by atoms with E-state index in [4.69, 9.17) is 9.97 Å². The summed E-state index contributed by atoms with van der Waals surface area (Å²) in [6.45, 7) is -0.413. The molecule has 0 saturated carbocycles. The van der Waals surface area contributed by atoms with Crippen molar-refractivity contribution in [3.05, 3.63) is 200 Å².